The van der Waals surface area contributed by atoms with Gasteiger partial charge >= 0.3 is 5.97 Å². The van der Waals surface area contributed by atoms with Crippen LogP contribution >= 0.6 is 0 Å². The number of ketones is 1. The van der Waals surface area contributed by atoms with Crippen LogP contribution in [0.25, 0.3) is 0 Å². The zero-order chi connectivity index (χ0) is 43.1. The highest BCUT2D eigenvalue weighted by atomic mass is 19.1. The molecule has 2 saturated heterocycles. The number of ether oxygens (including phenoxy) is 5. The van der Waals surface area contributed by atoms with E-state index in [9.17, 15) is 24.9 Å². The summed E-state index contributed by atoms with van der Waals surface area (Å²) >= 11 is 0. The maximum Gasteiger partial charge on any atom is 0.351 e. The summed E-state index contributed by atoms with van der Waals surface area (Å²) in [6, 6.07) is -1.21. The van der Waals surface area contributed by atoms with Crippen LogP contribution in [0.3, 0.4) is 0 Å². The van der Waals surface area contributed by atoms with Crippen LogP contribution in [-0.4, -0.2) is 187 Å². The lowest BCUT2D eigenvalue weighted by atomic mass is 9.77. The van der Waals surface area contributed by atoms with E-state index < -0.39 is 95.1 Å². The van der Waals surface area contributed by atoms with E-state index in [0.717, 1.165) is 26.4 Å². The number of aliphatic hydroxyl groups is 3. The van der Waals surface area contributed by atoms with E-state index in [1.54, 1.807) is 20.8 Å². The highest BCUT2D eigenvalue weighted by Gasteiger charge is 2.56. The van der Waals surface area contributed by atoms with Crippen molar-refractivity contribution < 1.29 is 53.0 Å². The predicted molar refractivity (Wildman–Crippen MR) is 214 cm³/mol. The van der Waals surface area contributed by atoms with Crippen LogP contribution in [0, 0.1) is 11.8 Å². The molecule has 0 amide bonds. The van der Waals surface area contributed by atoms with Crippen LogP contribution in [0.1, 0.15) is 95.4 Å². The average Bonchev–Trinajstić information content (AvgIpc) is 3.07. The molecule has 0 aromatic heterocycles. The monoisotopic (exact) mass is 807 g/mol. The van der Waals surface area contributed by atoms with Crippen molar-refractivity contribution in [2.24, 2.45) is 11.8 Å². The summed E-state index contributed by atoms with van der Waals surface area (Å²) in [6.07, 6.45) is -6.39. The SMILES string of the molecule is CC[C@H]1OC(=O)[C@@](C)(F)C(=O)[C@H](C)[C@@H](O[C@@H]2O[C@H](C)[C@@H](OC(C)(C)C)[C@H](N(C)C)[C@H]2O)[C@](C)(OCCNCCCN(C)C)C[C@@H](C)CN(C)[C@H](C)[C@@H](O)[C@]1(C)O. The molecule has 0 aromatic carbocycles. The second kappa shape index (κ2) is 20.7. The summed E-state index contributed by atoms with van der Waals surface area (Å²) in [5.74, 6) is -4.10. The molecule has 56 heavy (non-hydrogen) atoms. The number of nitrogens with one attached hydrogen (secondary N) is 1. The molecular weight excluding hydrogens is 727 g/mol. The van der Waals surface area contributed by atoms with Crippen molar-refractivity contribution in [1.29, 1.82) is 0 Å². The molecule has 14 nitrogen and oxygen atoms in total. The zero-order valence-electron chi connectivity index (χ0n) is 37.4. The maximum atomic E-state index is 16.8. The van der Waals surface area contributed by atoms with E-state index in [4.69, 9.17) is 23.7 Å². The van der Waals surface area contributed by atoms with E-state index in [1.165, 1.54) is 13.8 Å². The summed E-state index contributed by atoms with van der Waals surface area (Å²) < 4.78 is 48.6. The van der Waals surface area contributed by atoms with Gasteiger partial charge in [-0.1, -0.05) is 20.8 Å². The molecule has 2 rings (SSSR count). The topological polar surface area (TPSA) is 163 Å². The maximum absolute atomic E-state index is 16.8. The number of cyclic esters (lactones) is 1. The van der Waals surface area contributed by atoms with Crippen LogP contribution < -0.4 is 5.32 Å². The lowest BCUT2D eigenvalue weighted by Gasteiger charge is -2.50. The van der Waals surface area contributed by atoms with Crippen LogP contribution in [0.15, 0.2) is 0 Å². The number of esters is 1. The molecular formula is C41H79FN4O10. The Morgan fingerprint density at radius 3 is 2.18 bits per heavy atom. The van der Waals surface area contributed by atoms with Gasteiger partial charge in [0.25, 0.3) is 5.67 Å². The molecule has 14 atom stereocenters. The Morgan fingerprint density at radius 1 is 1.04 bits per heavy atom. The third-order valence-corrected chi connectivity index (χ3v) is 11.5. The van der Waals surface area contributed by atoms with Crippen molar-refractivity contribution >= 4 is 11.8 Å². The van der Waals surface area contributed by atoms with Gasteiger partial charge in [0.1, 0.15) is 30.0 Å². The molecule has 0 unspecified atom stereocenters. The van der Waals surface area contributed by atoms with Crippen molar-refractivity contribution in [2.75, 3.05) is 68.0 Å². The first-order valence-corrected chi connectivity index (χ1v) is 20.5. The fraction of sp³-hybridized carbons (Fsp3) is 0.951. The number of aliphatic hydroxyl groups excluding tert-OH is 2. The van der Waals surface area contributed by atoms with Gasteiger partial charge < -0.3 is 59.0 Å². The molecule has 2 fully saturated rings. The summed E-state index contributed by atoms with van der Waals surface area (Å²) in [5, 5.41) is 38.4. The van der Waals surface area contributed by atoms with Gasteiger partial charge in [0.15, 0.2) is 12.1 Å². The van der Waals surface area contributed by atoms with E-state index in [2.05, 4.69) is 10.2 Å². The molecule has 4 N–H and O–H groups in total. The molecule has 15 heteroatoms. The van der Waals surface area contributed by atoms with Crippen LogP contribution in [0.5, 0.6) is 0 Å². The quantitative estimate of drug-likeness (QED) is 0.122. The molecule has 0 spiro atoms. The highest BCUT2D eigenvalue weighted by Crippen LogP contribution is 2.39. The van der Waals surface area contributed by atoms with Gasteiger partial charge in [-0.25, -0.2) is 9.18 Å². The lowest BCUT2D eigenvalue weighted by molar-refractivity contribution is -0.325. The number of hydrogen-bond donors (Lipinski definition) is 4. The van der Waals surface area contributed by atoms with Gasteiger partial charge in [-0.15, -0.1) is 0 Å². The van der Waals surface area contributed by atoms with E-state index >= 15 is 4.39 Å². The molecule has 2 aliphatic rings. The Bertz CT molecular complexity index is 1240. The highest BCUT2D eigenvalue weighted by molar-refractivity contribution is 6.07. The van der Waals surface area contributed by atoms with Crippen molar-refractivity contribution in [3.63, 3.8) is 0 Å². The average molecular weight is 807 g/mol. The number of halogens is 1. The summed E-state index contributed by atoms with van der Waals surface area (Å²) in [6.45, 7) is 21.3. The Hall–Kier alpha value is -1.37. The molecule has 2 aliphatic heterocycles. The van der Waals surface area contributed by atoms with Crippen molar-refractivity contribution in [3.8, 4) is 0 Å². The van der Waals surface area contributed by atoms with Crippen LogP contribution in [-0.2, 0) is 33.3 Å². The van der Waals surface area contributed by atoms with Gasteiger partial charge in [-0.3, -0.25) is 4.79 Å². The fourth-order valence-electron chi connectivity index (χ4n) is 8.34. The summed E-state index contributed by atoms with van der Waals surface area (Å²) in [5.41, 5.74) is -7.02. The van der Waals surface area contributed by atoms with E-state index in [1.807, 2.05) is 79.7 Å². The normalized spacial score (nSPS) is 40.4. The second-order valence-corrected chi connectivity index (χ2v) is 18.6. The number of likely N-dealkylation sites (N-methyl/N-ethyl adjacent to an activating group) is 2. The first kappa shape index (κ1) is 50.8. The third-order valence-electron chi connectivity index (χ3n) is 11.5. The smallest absolute Gasteiger partial charge is 0.351 e. The Labute approximate surface area is 337 Å². The van der Waals surface area contributed by atoms with E-state index in [0.29, 0.717) is 13.1 Å². The fourth-order valence-corrected chi connectivity index (χ4v) is 8.34. The number of hydrogen-bond acceptors (Lipinski definition) is 14. The lowest BCUT2D eigenvalue weighted by Crippen LogP contribution is -2.66. The summed E-state index contributed by atoms with van der Waals surface area (Å²) in [7, 11) is 9.51. The minimum Gasteiger partial charge on any atom is -0.457 e. The number of nitrogens with zero attached hydrogens (tertiary/aromatic N) is 3. The molecule has 0 saturated carbocycles. The molecule has 330 valence electrons. The standard InChI is InChI=1S/C41H79FN4O10/c1-17-29-41(11,51)34(49)27(4)46(16)24-25(2)23-39(9,52-22-20-43-19-18-21-44(12)13)35(26(3)33(48)40(10,42)37(50)54-29)55-36-31(47)30(45(14)15)32(28(5)53-36)56-38(6,7)8/h25-32,34-36,43,47,49,51H,17-24H2,1-16H3/t25-,26+,27-,28-,29-,30-,31-,32-,34-,35-,36+,39-,40+,41-/m1/s1. The number of carbonyl (C=O) groups excluding carboxylic acids is 2. The van der Waals surface area contributed by atoms with Crippen LogP contribution in [0.2, 0.25) is 0 Å². The van der Waals surface area contributed by atoms with Crippen LogP contribution in [0.4, 0.5) is 4.39 Å². The Balaban J connectivity index is 2.72. The Morgan fingerprint density at radius 2 is 1.64 bits per heavy atom. The Kier molecular flexibility index (Phi) is 18.8. The van der Waals surface area contributed by atoms with Gasteiger partial charge in [0, 0.05) is 25.0 Å². The first-order valence-electron chi connectivity index (χ1n) is 20.5. The molecule has 2 heterocycles. The second-order valence-electron chi connectivity index (χ2n) is 18.6. The van der Waals surface area contributed by atoms with Crippen molar-refractivity contribution in [1.82, 2.24) is 20.0 Å². The molecule has 0 bridgehead atoms. The van der Waals surface area contributed by atoms with Gasteiger partial charge in [0.05, 0.1) is 36.1 Å². The number of rotatable bonds is 13. The van der Waals surface area contributed by atoms with Crippen molar-refractivity contribution in [3.05, 3.63) is 0 Å². The predicted octanol–water partition coefficient (Wildman–Crippen LogP) is 2.64. The third kappa shape index (κ3) is 13.1. The number of alkyl halides is 1. The zero-order valence-corrected chi connectivity index (χ0v) is 37.4. The minimum absolute atomic E-state index is 0.0470. The molecule has 0 aromatic rings. The van der Waals surface area contributed by atoms with Gasteiger partial charge in [-0.2, -0.15) is 0 Å². The van der Waals surface area contributed by atoms with Gasteiger partial charge in [0.2, 0.25) is 0 Å². The summed E-state index contributed by atoms with van der Waals surface area (Å²) in [4.78, 5) is 33.9. The minimum atomic E-state index is -3.18. The molecule has 0 radical (unpaired) electrons. The van der Waals surface area contributed by atoms with Crippen molar-refractivity contribution in [2.45, 2.75) is 173 Å². The number of carbonyl (C=O) groups is 2. The van der Waals surface area contributed by atoms with Gasteiger partial charge in [-0.05, 0) is 129 Å². The molecule has 0 aliphatic carbocycles. The number of Topliss-reactive ketones (excluding diaryl/α,β-unsaturated/α-hetero) is 1. The first-order chi connectivity index (χ1) is 25.6. The van der Waals surface area contributed by atoms with E-state index in [-0.39, 0.29) is 25.4 Å². The largest absolute Gasteiger partial charge is 0.457 e.